The van der Waals surface area contributed by atoms with Gasteiger partial charge in [-0.3, -0.25) is 4.79 Å². The van der Waals surface area contributed by atoms with Gasteiger partial charge in [-0.05, 0) is 42.3 Å². The standard InChI is InChI=1S/C17H19BrN2O4S/c1-2-13-12-14(18)5-6-16(13)25(22,23)20-9-7-19(8-10-20)17(21)15-4-3-11-24-15/h3-6,11-12H,2,7-10H2,1H3. The topological polar surface area (TPSA) is 70.8 Å². The van der Waals surface area contributed by atoms with Crippen LogP contribution < -0.4 is 0 Å². The minimum Gasteiger partial charge on any atom is -0.459 e. The highest BCUT2D eigenvalue weighted by molar-refractivity contribution is 9.10. The fraction of sp³-hybridized carbons (Fsp3) is 0.353. The highest BCUT2D eigenvalue weighted by Gasteiger charge is 2.32. The van der Waals surface area contributed by atoms with E-state index in [2.05, 4.69) is 15.9 Å². The Hall–Kier alpha value is -1.64. The minimum atomic E-state index is -3.57. The largest absolute Gasteiger partial charge is 0.459 e. The van der Waals surface area contributed by atoms with E-state index in [9.17, 15) is 13.2 Å². The summed E-state index contributed by atoms with van der Waals surface area (Å²) in [6.07, 6.45) is 2.08. The lowest BCUT2D eigenvalue weighted by molar-refractivity contribution is 0.0666. The smallest absolute Gasteiger partial charge is 0.289 e. The maximum atomic E-state index is 13.0. The van der Waals surface area contributed by atoms with Gasteiger partial charge in [0.2, 0.25) is 10.0 Å². The Kier molecular flexibility index (Phi) is 5.31. The molecule has 25 heavy (non-hydrogen) atoms. The second kappa shape index (κ2) is 7.31. The summed E-state index contributed by atoms with van der Waals surface area (Å²) in [4.78, 5) is 14.2. The summed E-state index contributed by atoms with van der Waals surface area (Å²) < 4.78 is 33.4. The van der Waals surface area contributed by atoms with Crippen LogP contribution in [0.25, 0.3) is 0 Å². The summed E-state index contributed by atoms with van der Waals surface area (Å²) in [6.45, 7) is 3.16. The molecule has 2 heterocycles. The summed E-state index contributed by atoms with van der Waals surface area (Å²) >= 11 is 3.38. The maximum Gasteiger partial charge on any atom is 0.289 e. The Labute approximate surface area is 155 Å². The maximum absolute atomic E-state index is 13.0. The number of hydrogen-bond donors (Lipinski definition) is 0. The number of furan rings is 1. The molecule has 0 radical (unpaired) electrons. The molecule has 0 saturated carbocycles. The first kappa shape index (κ1) is 18.2. The van der Waals surface area contributed by atoms with E-state index in [0.717, 1.165) is 10.0 Å². The van der Waals surface area contributed by atoms with E-state index >= 15 is 0 Å². The van der Waals surface area contributed by atoms with Crippen LogP contribution in [0.1, 0.15) is 23.0 Å². The number of nitrogens with zero attached hydrogens (tertiary/aromatic N) is 2. The number of hydrogen-bond acceptors (Lipinski definition) is 4. The molecule has 0 spiro atoms. The summed E-state index contributed by atoms with van der Waals surface area (Å²) in [5, 5.41) is 0. The third-order valence-corrected chi connectivity index (χ3v) is 6.77. The summed E-state index contributed by atoms with van der Waals surface area (Å²) in [5.41, 5.74) is 0.781. The predicted molar refractivity (Wildman–Crippen MR) is 96.9 cm³/mol. The summed E-state index contributed by atoms with van der Waals surface area (Å²) in [7, 11) is -3.57. The molecule has 1 saturated heterocycles. The van der Waals surface area contributed by atoms with E-state index in [0.29, 0.717) is 24.4 Å². The van der Waals surface area contributed by atoms with Crippen molar-refractivity contribution in [3.8, 4) is 0 Å². The van der Waals surface area contributed by atoms with Crippen LogP contribution in [-0.2, 0) is 16.4 Å². The Balaban J connectivity index is 1.75. The van der Waals surface area contributed by atoms with E-state index in [1.54, 1.807) is 29.2 Å². The molecule has 3 rings (SSSR count). The number of carbonyl (C=O) groups excluding carboxylic acids is 1. The number of piperazine rings is 1. The van der Waals surface area contributed by atoms with Gasteiger partial charge in [0.1, 0.15) is 0 Å². The molecule has 8 heteroatoms. The van der Waals surface area contributed by atoms with Gasteiger partial charge in [0.05, 0.1) is 11.2 Å². The molecule has 0 unspecified atom stereocenters. The van der Waals surface area contributed by atoms with Gasteiger partial charge in [-0.15, -0.1) is 0 Å². The third-order valence-electron chi connectivity index (χ3n) is 4.28. The SMILES string of the molecule is CCc1cc(Br)ccc1S(=O)(=O)N1CCN(C(=O)c2ccco2)CC1. The zero-order valence-electron chi connectivity index (χ0n) is 13.8. The fourth-order valence-corrected chi connectivity index (χ4v) is 5.01. The van der Waals surface area contributed by atoms with Crippen molar-refractivity contribution in [2.45, 2.75) is 18.2 Å². The lowest BCUT2D eigenvalue weighted by Crippen LogP contribution is -2.50. The number of carbonyl (C=O) groups is 1. The van der Waals surface area contributed by atoms with Crippen molar-refractivity contribution < 1.29 is 17.6 Å². The first-order chi connectivity index (χ1) is 11.9. The van der Waals surface area contributed by atoms with E-state index in [-0.39, 0.29) is 24.8 Å². The summed E-state index contributed by atoms with van der Waals surface area (Å²) in [5.74, 6) is 0.0671. The molecule has 2 aromatic rings. The Morgan fingerprint density at radius 3 is 2.52 bits per heavy atom. The number of amides is 1. The lowest BCUT2D eigenvalue weighted by atomic mass is 10.2. The van der Waals surface area contributed by atoms with Crippen molar-refractivity contribution in [2.24, 2.45) is 0 Å². The molecular formula is C17H19BrN2O4S. The third kappa shape index (κ3) is 3.65. The first-order valence-electron chi connectivity index (χ1n) is 8.05. The van der Waals surface area contributed by atoms with Gasteiger partial charge in [0, 0.05) is 30.7 Å². The lowest BCUT2D eigenvalue weighted by Gasteiger charge is -2.33. The molecule has 134 valence electrons. The zero-order chi connectivity index (χ0) is 18.0. The van der Waals surface area contributed by atoms with Crippen LogP contribution in [0.2, 0.25) is 0 Å². The molecule has 1 aliphatic rings. The van der Waals surface area contributed by atoms with Gasteiger partial charge in [0.25, 0.3) is 5.91 Å². The van der Waals surface area contributed by atoms with E-state index in [4.69, 9.17) is 4.42 Å². The number of rotatable bonds is 4. The van der Waals surface area contributed by atoms with Crippen LogP contribution in [0.5, 0.6) is 0 Å². The van der Waals surface area contributed by atoms with Crippen LogP contribution in [0.4, 0.5) is 0 Å². The van der Waals surface area contributed by atoms with Gasteiger partial charge in [0.15, 0.2) is 5.76 Å². The van der Waals surface area contributed by atoms with Crippen LogP contribution >= 0.6 is 15.9 Å². The van der Waals surface area contributed by atoms with Crippen LogP contribution in [0.15, 0.2) is 50.4 Å². The average molecular weight is 427 g/mol. The van der Waals surface area contributed by atoms with Crippen molar-refractivity contribution in [1.82, 2.24) is 9.21 Å². The Bertz CT molecular complexity index is 857. The molecule has 0 atom stereocenters. The van der Waals surface area contributed by atoms with Crippen LogP contribution in [0.3, 0.4) is 0 Å². The van der Waals surface area contributed by atoms with Gasteiger partial charge >= 0.3 is 0 Å². The highest BCUT2D eigenvalue weighted by atomic mass is 79.9. The molecule has 1 fully saturated rings. The minimum absolute atomic E-state index is 0.208. The monoisotopic (exact) mass is 426 g/mol. The quantitative estimate of drug-likeness (QED) is 0.753. The normalized spacial score (nSPS) is 16.2. The van der Waals surface area contributed by atoms with Crippen LogP contribution in [0, 0.1) is 0 Å². The first-order valence-corrected chi connectivity index (χ1v) is 10.3. The van der Waals surface area contributed by atoms with E-state index in [1.165, 1.54) is 10.6 Å². The molecule has 1 aromatic heterocycles. The Morgan fingerprint density at radius 1 is 1.20 bits per heavy atom. The number of aryl methyl sites for hydroxylation is 1. The van der Waals surface area contributed by atoms with Crippen molar-refractivity contribution in [3.63, 3.8) is 0 Å². The highest BCUT2D eigenvalue weighted by Crippen LogP contribution is 2.25. The molecular weight excluding hydrogens is 408 g/mol. The fourth-order valence-electron chi connectivity index (χ4n) is 2.90. The molecule has 1 amide bonds. The molecule has 6 nitrogen and oxygen atoms in total. The second-order valence-corrected chi connectivity index (χ2v) is 8.60. The van der Waals surface area contributed by atoms with Crippen molar-refractivity contribution >= 4 is 31.9 Å². The van der Waals surface area contributed by atoms with Crippen molar-refractivity contribution in [2.75, 3.05) is 26.2 Å². The van der Waals surface area contributed by atoms with Crippen molar-refractivity contribution in [1.29, 1.82) is 0 Å². The molecule has 1 aromatic carbocycles. The van der Waals surface area contributed by atoms with Gasteiger partial charge in [-0.25, -0.2) is 8.42 Å². The predicted octanol–water partition coefficient (Wildman–Crippen LogP) is 2.75. The van der Waals surface area contributed by atoms with Gasteiger partial charge in [-0.2, -0.15) is 4.31 Å². The zero-order valence-corrected chi connectivity index (χ0v) is 16.2. The van der Waals surface area contributed by atoms with E-state index < -0.39 is 10.0 Å². The van der Waals surface area contributed by atoms with Crippen LogP contribution in [-0.4, -0.2) is 49.7 Å². The number of benzene rings is 1. The second-order valence-electron chi connectivity index (χ2n) is 5.78. The molecule has 0 N–H and O–H groups in total. The number of halogens is 1. The Morgan fingerprint density at radius 2 is 1.92 bits per heavy atom. The molecule has 1 aliphatic heterocycles. The number of sulfonamides is 1. The van der Waals surface area contributed by atoms with Crippen molar-refractivity contribution in [3.05, 3.63) is 52.4 Å². The van der Waals surface area contributed by atoms with E-state index in [1.807, 2.05) is 13.0 Å². The summed E-state index contributed by atoms with van der Waals surface area (Å²) in [6, 6.07) is 8.49. The van der Waals surface area contributed by atoms with Gasteiger partial charge in [-0.1, -0.05) is 22.9 Å². The van der Waals surface area contributed by atoms with Gasteiger partial charge < -0.3 is 9.32 Å². The average Bonchev–Trinajstić information content (AvgIpc) is 3.15. The molecule has 0 bridgehead atoms. The molecule has 0 aliphatic carbocycles.